The fourth-order valence-electron chi connectivity index (χ4n) is 2.75. The summed E-state index contributed by atoms with van der Waals surface area (Å²) in [6.07, 6.45) is 0.882. The first-order valence-corrected chi connectivity index (χ1v) is 7.98. The monoisotopic (exact) mass is 340 g/mol. The molecule has 25 heavy (non-hydrogen) atoms. The summed E-state index contributed by atoms with van der Waals surface area (Å²) in [4.78, 5) is 12.3. The lowest BCUT2D eigenvalue weighted by Crippen LogP contribution is -2.31. The molecule has 1 aliphatic rings. The number of fused-ring (bicyclic) bond motifs is 1. The van der Waals surface area contributed by atoms with Crippen molar-refractivity contribution in [2.24, 2.45) is 0 Å². The van der Waals surface area contributed by atoms with Gasteiger partial charge in [0.25, 0.3) is 0 Å². The van der Waals surface area contributed by atoms with Gasteiger partial charge in [0.2, 0.25) is 6.79 Å². The molecule has 0 bridgehead atoms. The van der Waals surface area contributed by atoms with E-state index in [0.717, 1.165) is 11.1 Å². The van der Waals surface area contributed by atoms with E-state index in [4.69, 9.17) is 18.9 Å². The molecule has 0 saturated heterocycles. The highest BCUT2D eigenvalue weighted by Crippen LogP contribution is 2.36. The van der Waals surface area contributed by atoms with Gasteiger partial charge in [0, 0.05) is 5.92 Å². The molecule has 0 spiro atoms. The number of rotatable bonds is 7. The van der Waals surface area contributed by atoms with Crippen molar-refractivity contribution < 1.29 is 23.7 Å². The molecule has 0 saturated carbocycles. The van der Waals surface area contributed by atoms with E-state index in [-0.39, 0.29) is 12.7 Å². The molecule has 0 unspecified atom stereocenters. The molecule has 1 heterocycles. The maximum atomic E-state index is 12.3. The van der Waals surface area contributed by atoms with Gasteiger partial charge in [-0.05, 0) is 23.3 Å². The Labute approximate surface area is 146 Å². The van der Waals surface area contributed by atoms with Crippen LogP contribution in [-0.2, 0) is 20.9 Å². The fourth-order valence-corrected chi connectivity index (χ4v) is 2.75. The molecule has 0 N–H and O–H groups in total. The summed E-state index contributed by atoms with van der Waals surface area (Å²) in [7, 11) is 1.35. The minimum atomic E-state index is -0.803. The van der Waals surface area contributed by atoms with Gasteiger partial charge in [-0.25, -0.2) is 4.79 Å². The molecule has 5 nitrogen and oxygen atoms in total. The van der Waals surface area contributed by atoms with Crippen LogP contribution in [0.4, 0.5) is 0 Å². The van der Waals surface area contributed by atoms with Crippen LogP contribution in [0.3, 0.4) is 0 Å². The van der Waals surface area contributed by atoms with Crippen molar-refractivity contribution in [2.75, 3.05) is 13.9 Å². The summed E-state index contributed by atoms with van der Waals surface area (Å²) in [6.45, 7) is 4.36. The first-order chi connectivity index (χ1) is 12.2. The molecule has 2 aromatic carbocycles. The van der Waals surface area contributed by atoms with E-state index in [1.807, 2.05) is 48.5 Å². The number of esters is 1. The molecule has 2 aromatic rings. The third-order valence-electron chi connectivity index (χ3n) is 4.07. The highest BCUT2D eigenvalue weighted by atomic mass is 16.7. The van der Waals surface area contributed by atoms with Crippen LogP contribution in [0.1, 0.15) is 17.0 Å². The van der Waals surface area contributed by atoms with Crippen molar-refractivity contribution in [3.05, 3.63) is 72.3 Å². The lowest BCUT2D eigenvalue weighted by molar-refractivity contribution is -0.155. The number of hydrogen-bond donors (Lipinski definition) is 0. The Morgan fingerprint density at radius 3 is 2.68 bits per heavy atom. The zero-order chi connectivity index (χ0) is 17.6. The van der Waals surface area contributed by atoms with Gasteiger partial charge in [-0.2, -0.15) is 0 Å². The average Bonchev–Trinajstić information content (AvgIpc) is 3.13. The van der Waals surface area contributed by atoms with Gasteiger partial charge >= 0.3 is 5.97 Å². The third-order valence-corrected chi connectivity index (χ3v) is 4.07. The lowest BCUT2D eigenvalue weighted by atomic mass is 9.93. The summed E-state index contributed by atoms with van der Waals surface area (Å²) in [5, 5.41) is 0. The number of methoxy groups -OCH3 is 1. The predicted molar refractivity (Wildman–Crippen MR) is 92.5 cm³/mol. The van der Waals surface area contributed by atoms with Crippen LogP contribution < -0.4 is 9.47 Å². The van der Waals surface area contributed by atoms with Crippen molar-refractivity contribution in [3.63, 3.8) is 0 Å². The molecule has 2 atom stereocenters. The van der Waals surface area contributed by atoms with E-state index in [2.05, 4.69) is 6.58 Å². The van der Waals surface area contributed by atoms with Crippen LogP contribution in [0.5, 0.6) is 11.5 Å². The Balaban J connectivity index is 1.82. The molecule has 5 heteroatoms. The lowest BCUT2D eigenvalue weighted by Gasteiger charge is -2.23. The van der Waals surface area contributed by atoms with Gasteiger partial charge in [-0.1, -0.05) is 42.5 Å². The fraction of sp³-hybridized carbons (Fsp3) is 0.250. The molecule has 0 aromatic heterocycles. The van der Waals surface area contributed by atoms with Crippen LogP contribution in [0.15, 0.2) is 61.2 Å². The van der Waals surface area contributed by atoms with Gasteiger partial charge < -0.3 is 18.9 Å². The number of hydrogen-bond acceptors (Lipinski definition) is 5. The maximum absolute atomic E-state index is 12.3. The molecular weight excluding hydrogens is 320 g/mol. The van der Waals surface area contributed by atoms with Gasteiger partial charge in [-0.3, -0.25) is 0 Å². The third kappa shape index (κ3) is 3.83. The zero-order valence-electron chi connectivity index (χ0n) is 14.0. The second kappa shape index (κ2) is 7.85. The van der Waals surface area contributed by atoms with Crippen LogP contribution in [-0.4, -0.2) is 26.0 Å². The number of benzene rings is 2. The Bertz CT molecular complexity index is 741. The first kappa shape index (κ1) is 17.0. The molecule has 0 fully saturated rings. The van der Waals surface area contributed by atoms with E-state index in [9.17, 15) is 4.79 Å². The van der Waals surface area contributed by atoms with Gasteiger partial charge in [-0.15, -0.1) is 6.58 Å². The minimum absolute atomic E-state index is 0.197. The van der Waals surface area contributed by atoms with E-state index in [1.165, 1.54) is 7.11 Å². The van der Waals surface area contributed by atoms with Crippen LogP contribution in [0.2, 0.25) is 0 Å². The summed E-state index contributed by atoms with van der Waals surface area (Å²) < 4.78 is 21.6. The zero-order valence-corrected chi connectivity index (χ0v) is 14.0. The Morgan fingerprint density at radius 1 is 1.20 bits per heavy atom. The maximum Gasteiger partial charge on any atom is 0.335 e. The number of carbonyl (C=O) groups is 1. The summed E-state index contributed by atoms with van der Waals surface area (Å²) in [5.41, 5.74) is 1.83. The van der Waals surface area contributed by atoms with Crippen LogP contribution >= 0.6 is 0 Å². The molecule has 3 rings (SSSR count). The Hall–Kier alpha value is -2.79. The quantitative estimate of drug-likeness (QED) is 0.571. The van der Waals surface area contributed by atoms with Crippen LogP contribution in [0, 0.1) is 0 Å². The Morgan fingerprint density at radius 2 is 1.96 bits per heavy atom. The van der Waals surface area contributed by atoms with Gasteiger partial charge in [0.05, 0.1) is 13.7 Å². The molecule has 0 aliphatic carbocycles. The van der Waals surface area contributed by atoms with Crippen LogP contribution in [0.25, 0.3) is 0 Å². The number of ether oxygens (including phenoxy) is 4. The Kier molecular flexibility index (Phi) is 5.36. The van der Waals surface area contributed by atoms with Crippen molar-refractivity contribution >= 4 is 5.97 Å². The standard InChI is InChI=1S/C20H20O5/c1-3-16(15-9-10-17-18(11-15)25-13-24-17)19(20(21)22-2)23-12-14-7-5-4-6-8-14/h3-11,16,19H,1,12-13H2,2H3/t16-,19-/m1/s1. The second-order valence-electron chi connectivity index (χ2n) is 5.61. The number of carbonyl (C=O) groups excluding carboxylic acids is 1. The molecule has 1 aliphatic heterocycles. The predicted octanol–water partition coefficient (Wildman–Crippen LogP) is 3.44. The highest BCUT2D eigenvalue weighted by Gasteiger charge is 2.30. The molecule has 0 radical (unpaired) electrons. The van der Waals surface area contributed by atoms with Crippen molar-refractivity contribution in [2.45, 2.75) is 18.6 Å². The molecule has 0 amide bonds. The largest absolute Gasteiger partial charge is 0.467 e. The topological polar surface area (TPSA) is 54.0 Å². The van der Waals surface area contributed by atoms with Crippen molar-refractivity contribution in [3.8, 4) is 11.5 Å². The smallest absolute Gasteiger partial charge is 0.335 e. The summed E-state index contributed by atoms with van der Waals surface area (Å²) in [6, 6.07) is 15.2. The first-order valence-electron chi connectivity index (χ1n) is 7.98. The summed E-state index contributed by atoms with van der Waals surface area (Å²) in [5.74, 6) is 0.520. The van der Waals surface area contributed by atoms with E-state index in [0.29, 0.717) is 18.1 Å². The van der Waals surface area contributed by atoms with Crippen molar-refractivity contribution in [1.29, 1.82) is 0 Å². The highest BCUT2D eigenvalue weighted by molar-refractivity contribution is 5.76. The van der Waals surface area contributed by atoms with E-state index >= 15 is 0 Å². The SMILES string of the molecule is C=C[C@H](c1ccc2c(c1)OCO2)[C@@H](OCc1ccccc1)C(=O)OC. The van der Waals surface area contributed by atoms with Crippen molar-refractivity contribution in [1.82, 2.24) is 0 Å². The average molecular weight is 340 g/mol. The molecule has 130 valence electrons. The van der Waals surface area contributed by atoms with Gasteiger partial charge in [0.15, 0.2) is 17.6 Å². The molecular formula is C20H20O5. The van der Waals surface area contributed by atoms with Gasteiger partial charge in [0.1, 0.15) is 0 Å². The summed E-state index contributed by atoms with van der Waals surface area (Å²) >= 11 is 0. The van der Waals surface area contributed by atoms with E-state index in [1.54, 1.807) is 6.08 Å². The normalized spacial score (nSPS) is 14.6. The minimum Gasteiger partial charge on any atom is -0.467 e. The second-order valence-corrected chi connectivity index (χ2v) is 5.61. The van der Waals surface area contributed by atoms with E-state index < -0.39 is 12.1 Å².